The van der Waals surface area contributed by atoms with Gasteiger partial charge in [0, 0.05) is 28.7 Å². The molecule has 2 aromatic carbocycles. The van der Waals surface area contributed by atoms with Crippen LogP contribution in [0.3, 0.4) is 0 Å². The summed E-state index contributed by atoms with van der Waals surface area (Å²) in [6, 6.07) is 14.8. The van der Waals surface area contributed by atoms with Gasteiger partial charge in [-0.25, -0.2) is 4.79 Å². The highest BCUT2D eigenvalue weighted by Gasteiger charge is 2.27. The maximum atomic E-state index is 12.3. The van der Waals surface area contributed by atoms with Crippen molar-refractivity contribution in [3.05, 3.63) is 42.5 Å². The van der Waals surface area contributed by atoms with Crippen molar-refractivity contribution in [2.24, 2.45) is 0 Å². The van der Waals surface area contributed by atoms with Crippen molar-refractivity contribution in [3.63, 3.8) is 0 Å². The lowest BCUT2D eigenvalue weighted by molar-refractivity contribution is 0.248. The molecule has 1 aromatic heterocycles. The van der Waals surface area contributed by atoms with E-state index in [1.54, 1.807) is 7.11 Å². The number of urea groups is 1. The molecular weight excluding hydrogens is 388 g/mol. The highest BCUT2D eigenvalue weighted by atomic mass is 16.5. The minimum Gasteiger partial charge on any atom is -0.497 e. The fourth-order valence-corrected chi connectivity index (χ4v) is 4.90. The number of amides is 2. The largest absolute Gasteiger partial charge is 0.497 e. The number of benzene rings is 2. The van der Waals surface area contributed by atoms with Gasteiger partial charge in [-0.15, -0.1) is 0 Å². The van der Waals surface area contributed by atoms with Crippen LogP contribution in [0.1, 0.15) is 51.0 Å². The summed E-state index contributed by atoms with van der Waals surface area (Å²) >= 11 is 0. The minimum atomic E-state index is -0.130. The van der Waals surface area contributed by atoms with Gasteiger partial charge in [-0.2, -0.15) is 0 Å². The van der Waals surface area contributed by atoms with Gasteiger partial charge in [0.15, 0.2) is 0 Å². The maximum Gasteiger partial charge on any atom is 0.319 e. The maximum absolute atomic E-state index is 12.3. The van der Waals surface area contributed by atoms with Crippen molar-refractivity contribution in [1.29, 1.82) is 0 Å². The predicted molar refractivity (Wildman–Crippen MR) is 126 cm³/mol. The fraction of sp³-hybridized carbons (Fsp3) is 0.400. The lowest BCUT2D eigenvalue weighted by Crippen LogP contribution is -2.36. The van der Waals surface area contributed by atoms with Crippen molar-refractivity contribution in [3.8, 4) is 17.0 Å². The molecule has 0 unspecified atom stereocenters. The third-order valence-electron chi connectivity index (χ3n) is 6.80. The Morgan fingerprint density at radius 2 is 1.77 bits per heavy atom. The molecule has 0 atom stereocenters. The molecule has 0 saturated heterocycles. The smallest absolute Gasteiger partial charge is 0.319 e. The molecule has 162 valence electrons. The quantitative estimate of drug-likeness (QED) is 0.498. The summed E-state index contributed by atoms with van der Waals surface area (Å²) in [5.74, 6) is 0.810. The zero-order chi connectivity index (χ0) is 21.4. The molecule has 2 amide bonds. The third kappa shape index (κ3) is 3.71. The van der Waals surface area contributed by atoms with E-state index in [2.05, 4.69) is 21.3 Å². The van der Waals surface area contributed by atoms with Crippen LogP contribution in [-0.4, -0.2) is 23.7 Å². The molecular formula is C25H30N4O2. The second-order valence-corrected chi connectivity index (χ2v) is 8.76. The van der Waals surface area contributed by atoms with Crippen LogP contribution in [0.2, 0.25) is 0 Å². The first-order valence-corrected chi connectivity index (χ1v) is 11.3. The van der Waals surface area contributed by atoms with E-state index in [0.29, 0.717) is 12.1 Å². The van der Waals surface area contributed by atoms with Crippen molar-refractivity contribution in [2.45, 2.75) is 57.0 Å². The average molecular weight is 419 g/mol. The molecule has 2 fully saturated rings. The summed E-state index contributed by atoms with van der Waals surface area (Å²) in [7, 11) is 1.68. The summed E-state index contributed by atoms with van der Waals surface area (Å²) in [4.78, 5) is 12.3. The standard InChI is InChI=1S/C25H30N4O2/c1-31-20-13-14-22-21(15-20)23(26)24(29(22)19-7-4-8-19)16-9-11-18(12-10-16)28-25(30)27-17-5-2-3-6-17/h9-15,17,19H,2-8,26H2,1H3,(H2,27,28,30). The van der Waals surface area contributed by atoms with Gasteiger partial charge in [-0.3, -0.25) is 0 Å². The van der Waals surface area contributed by atoms with Gasteiger partial charge in [0.25, 0.3) is 0 Å². The molecule has 5 rings (SSSR count). The molecule has 0 bridgehead atoms. The predicted octanol–water partition coefficient (Wildman–Crippen LogP) is 5.69. The summed E-state index contributed by atoms with van der Waals surface area (Å²) in [6.07, 6.45) is 8.12. The van der Waals surface area contributed by atoms with Crippen LogP contribution in [0.5, 0.6) is 5.75 Å². The Kier molecular flexibility index (Phi) is 5.22. The van der Waals surface area contributed by atoms with E-state index in [-0.39, 0.29) is 6.03 Å². The molecule has 6 heteroatoms. The van der Waals surface area contributed by atoms with Crippen molar-refractivity contribution in [2.75, 3.05) is 18.2 Å². The van der Waals surface area contributed by atoms with Crippen LogP contribution in [0.15, 0.2) is 42.5 Å². The van der Waals surface area contributed by atoms with E-state index < -0.39 is 0 Å². The van der Waals surface area contributed by atoms with Crippen molar-refractivity contribution >= 4 is 28.3 Å². The number of carbonyl (C=O) groups is 1. The number of nitrogen functional groups attached to an aromatic ring is 1. The molecule has 0 spiro atoms. The lowest BCUT2D eigenvalue weighted by atomic mass is 9.92. The first-order chi connectivity index (χ1) is 15.1. The molecule has 1 heterocycles. The van der Waals surface area contributed by atoms with Crippen LogP contribution in [0, 0.1) is 0 Å². The second kappa shape index (κ2) is 8.17. The number of nitrogens with two attached hydrogens (primary N) is 1. The second-order valence-electron chi connectivity index (χ2n) is 8.76. The first kappa shape index (κ1) is 19.8. The van der Waals surface area contributed by atoms with E-state index in [4.69, 9.17) is 10.5 Å². The van der Waals surface area contributed by atoms with Crippen molar-refractivity contribution in [1.82, 2.24) is 9.88 Å². The number of ether oxygens (including phenoxy) is 1. The van der Waals surface area contributed by atoms with Crippen LogP contribution < -0.4 is 21.1 Å². The van der Waals surface area contributed by atoms with E-state index in [1.165, 1.54) is 32.1 Å². The third-order valence-corrected chi connectivity index (χ3v) is 6.80. The topological polar surface area (TPSA) is 81.3 Å². The molecule has 0 radical (unpaired) electrons. The van der Waals surface area contributed by atoms with E-state index in [0.717, 1.165) is 52.1 Å². The van der Waals surface area contributed by atoms with Crippen LogP contribution in [0.25, 0.3) is 22.2 Å². The number of methoxy groups -OCH3 is 1. The van der Waals surface area contributed by atoms with Crippen LogP contribution in [-0.2, 0) is 0 Å². The Hall–Kier alpha value is -3.15. The Labute approximate surface area is 182 Å². The molecule has 0 aliphatic heterocycles. The van der Waals surface area contributed by atoms with Gasteiger partial charge >= 0.3 is 6.03 Å². The number of hydrogen-bond acceptors (Lipinski definition) is 3. The number of rotatable bonds is 5. The number of anilines is 2. The van der Waals surface area contributed by atoms with Gasteiger partial charge in [-0.05, 0) is 62.4 Å². The highest BCUT2D eigenvalue weighted by Crippen LogP contribution is 2.44. The molecule has 31 heavy (non-hydrogen) atoms. The summed E-state index contributed by atoms with van der Waals surface area (Å²) in [5.41, 5.74) is 11.5. The number of fused-ring (bicyclic) bond motifs is 1. The number of hydrogen-bond donors (Lipinski definition) is 3. The molecule has 4 N–H and O–H groups in total. The van der Waals surface area contributed by atoms with Gasteiger partial charge in [0.2, 0.25) is 0 Å². The van der Waals surface area contributed by atoms with Gasteiger partial charge in [-0.1, -0.05) is 25.0 Å². The average Bonchev–Trinajstić information content (AvgIpc) is 3.34. The Balaban J connectivity index is 1.44. The molecule has 3 aromatic rings. The summed E-state index contributed by atoms with van der Waals surface area (Å²) < 4.78 is 7.81. The molecule has 6 nitrogen and oxygen atoms in total. The van der Waals surface area contributed by atoms with E-state index >= 15 is 0 Å². The number of aromatic nitrogens is 1. The monoisotopic (exact) mass is 418 g/mol. The van der Waals surface area contributed by atoms with Crippen LogP contribution in [0.4, 0.5) is 16.2 Å². The Morgan fingerprint density at radius 3 is 2.42 bits per heavy atom. The number of carbonyl (C=O) groups excluding carboxylic acids is 1. The summed E-state index contributed by atoms with van der Waals surface area (Å²) in [6.45, 7) is 0. The zero-order valence-electron chi connectivity index (χ0n) is 18.0. The number of nitrogens with one attached hydrogen (secondary N) is 2. The fourth-order valence-electron chi connectivity index (χ4n) is 4.90. The summed E-state index contributed by atoms with van der Waals surface area (Å²) in [5, 5.41) is 7.05. The molecule has 2 aliphatic carbocycles. The highest BCUT2D eigenvalue weighted by molar-refractivity contribution is 6.02. The van der Waals surface area contributed by atoms with Crippen LogP contribution >= 0.6 is 0 Å². The Morgan fingerprint density at radius 1 is 1.03 bits per heavy atom. The van der Waals surface area contributed by atoms with Gasteiger partial charge in [0.1, 0.15) is 5.75 Å². The number of nitrogens with zero attached hydrogens (tertiary/aromatic N) is 1. The van der Waals surface area contributed by atoms with Crippen molar-refractivity contribution < 1.29 is 9.53 Å². The minimum absolute atomic E-state index is 0.130. The first-order valence-electron chi connectivity index (χ1n) is 11.3. The van der Waals surface area contributed by atoms with Gasteiger partial charge in [0.05, 0.1) is 24.0 Å². The molecule has 2 aliphatic rings. The van der Waals surface area contributed by atoms with E-state index in [1.807, 2.05) is 36.4 Å². The Bertz CT molecular complexity index is 1090. The zero-order valence-corrected chi connectivity index (χ0v) is 18.0. The normalized spacial score (nSPS) is 16.9. The van der Waals surface area contributed by atoms with E-state index in [9.17, 15) is 4.79 Å². The SMILES string of the molecule is COc1ccc2c(c1)c(N)c(-c1ccc(NC(=O)NC3CCCC3)cc1)n2C1CCC1. The lowest BCUT2D eigenvalue weighted by Gasteiger charge is -2.30. The molecule has 2 saturated carbocycles. The van der Waals surface area contributed by atoms with Gasteiger partial charge < -0.3 is 25.7 Å².